The Bertz CT molecular complexity index is 848. The van der Waals surface area contributed by atoms with Crippen LogP contribution in [0.25, 0.3) is 0 Å². The van der Waals surface area contributed by atoms with Gasteiger partial charge in [-0.15, -0.1) is 0 Å². The van der Waals surface area contributed by atoms with Crippen molar-refractivity contribution in [2.75, 3.05) is 23.9 Å². The summed E-state index contributed by atoms with van der Waals surface area (Å²) in [5.74, 6) is 0.636. The Morgan fingerprint density at radius 3 is 3.00 bits per heavy atom. The van der Waals surface area contributed by atoms with Crippen LogP contribution in [-0.4, -0.2) is 33.8 Å². The number of rotatable bonds is 6. The van der Waals surface area contributed by atoms with Crippen molar-refractivity contribution in [1.82, 2.24) is 20.2 Å². The number of anilines is 3. The van der Waals surface area contributed by atoms with Crippen molar-refractivity contribution in [2.45, 2.75) is 19.6 Å². The molecule has 0 saturated carbocycles. The number of aromatic nitrogens is 4. The predicted molar refractivity (Wildman–Crippen MR) is 95.8 cm³/mol. The summed E-state index contributed by atoms with van der Waals surface area (Å²) in [4.78, 5) is 11.4. The lowest BCUT2D eigenvalue weighted by Gasteiger charge is -2.18. The van der Waals surface area contributed by atoms with Gasteiger partial charge in [-0.05, 0) is 18.2 Å². The van der Waals surface area contributed by atoms with Gasteiger partial charge in [0.05, 0.1) is 42.1 Å². The first-order valence-corrected chi connectivity index (χ1v) is 8.28. The van der Waals surface area contributed by atoms with E-state index in [1.54, 1.807) is 7.11 Å². The Morgan fingerprint density at radius 1 is 1.28 bits per heavy atom. The maximum Gasteiger partial charge on any atom is 0.223 e. The number of H-pyrrole nitrogens is 1. The van der Waals surface area contributed by atoms with Crippen molar-refractivity contribution in [1.29, 1.82) is 0 Å². The van der Waals surface area contributed by atoms with E-state index in [-0.39, 0.29) is 0 Å². The highest BCUT2D eigenvalue weighted by atomic mass is 16.5. The standard InChI is InChI=1S/C18H20N6O/c1-25-12-14-9-13(22-23-14)10-19-18-20-11-17-16(21-18)7-8-24(17)15-5-3-2-4-6-15/h2-6,9,11H,7-8,10,12H2,1H3,(H,22,23)(H,19,20,21). The first kappa shape index (κ1) is 15.6. The molecule has 0 spiro atoms. The van der Waals surface area contributed by atoms with Crippen LogP contribution >= 0.6 is 0 Å². The lowest BCUT2D eigenvalue weighted by Crippen LogP contribution is -2.13. The van der Waals surface area contributed by atoms with Crippen LogP contribution in [0, 0.1) is 0 Å². The molecule has 0 fully saturated rings. The topological polar surface area (TPSA) is 79.0 Å². The second kappa shape index (κ2) is 6.90. The lowest BCUT2D eigenvalue weighted by molar-refractivity contribution is 0.181. The molecule has 1 aromatic carbocycles. The average molecular weight is 336 g/mol. The molecule has 1 aliphatic heterocycles. The fourth-order valence-electron chi connectivity index (χ4n) is 3.02. The van der Waals surface area contributed by atoms with E-state index in [9.17, 15) is 0 Å². The molecule has 3 heterocycles. The third-order valence-electron chi connectivity index (χ3n) is 4.19. The van der Waals surface area contributed by atoms with Gasteiger partial charge in [-0.3, -0.25) is 5.10 Å². The van der Waals surface area contributed by atoms with Crippen LogP contribution in [0.15, 0.2) is 42.6 Å². The number of para-hydroxylation sites is 1. The largest absolute Gasteiger partial charge is 0.378 e. The summed E-state index contributed by atoms with van der Waals surface area (Å²) in [5, 5.41) is 10.4. The fourth-order valence-corrected chi connectivity index (χ4v) is 3.02. The summed E-state index contributed by atoms with van der Waals surface area (Å²) in [6.07, 6.45) is 2.82. The monoisotopic (exact) mass is 336 g/mol. The third kappa shape index (κ3) is 3.32. The van der Waals surface area contributed by atoms with Crippen molar-refractivity contribution in [3.63, 3.8) is 0 Å². The highest BCUT2D eigenvalue weighted by Crippen LogP contribution is 2.33. The number of ether oxygens (including phenoxy) is 1. The van der Waals surface area contributed by atoms with Gasteiger partial charge in [0.25, 0.3) is 0 Å². The number of benzene rings is 1. The van der Waals surface area contributed by atoms with Crippen molar-refractivity contribution < 1.29 is 4.74 Å². The number of methoxy groups -OCH3 is 1. The van der Waals surface area contributed by atoms with Gasteiger partial charge in [-0.25, -0.2) is 9.97 Å². The molecule has 4 rings (SSSR count). The van der Waals surface area contributed by atoms with E-state index in [1.807, 2.05) is 30.5 Å². The Balaban J connectivity index is 1.45. The van der Waals surface area contributed by atoms with E-state index >= 15 is 0 Å². The molecule has 3 aromatic rings. The van der Waals surface area contributed by atoms with Crippen molar-refractivity contribution in [3.8, 4) is 0 Å². The van der Waals surface area contributed by atoms with Gasteiger partial charge in [0, 0.05) is 25.8 Å². The van der Waals surface area contributed by atoms with E-state index < -0.39 is 0 Å². The minimum absolute atomic E-state index is 0.501. The molecule has 0 atom stereocenters. The van der Waals surface area contributed by atoms with Crippen LogP contribution in [-0.2, 0) is 24.3 Å². The molecular formula is C18H20N6O. The third-order valence-corrected chi connectivity index (χ3v) is 4.19. The maximum absolute atomic E-state index is 5.07. The van der Waals surface area contributed by atoms with Gasteiger partial charge in [0.15, 0.2) is 0 Å². The SMILES string of the molecule is COCc1cc(CNc2ncc3c(n2)CCN3c2ccccc2)[nH]n1. The molecule has 0 unspecified atom stereocenters. The van der Waals surface area contributed by atoms with Gasteiger partial charge in [0.1, 0.15) is 0 Å². The number of aromatic amines is 1. The molecule has 2 aromatic heterocycles. The first-order chi connectivity index (χ1) is 12.3. The van der Waals surface area contributed by atoms with Crippen molar-refractivity contribution in [2.24, 2.45) is 0 Å². The number of hydrogen-bond donors (Lipinski definition) is 2. The average Bonchev–Trinajstić information content (AvgIpc) is 3.27. The summed E-state index contributed by atoms with van der Waals surface area (Å²) in [6.45, 7) is 2.03. The molecule has 0 aliphatic carbocycles. The molecule has 0 bridgehead atoms. The number of hydrogen-bond acceptors (Lipinski definition) is 6. The molecule has 0 radical (unpaired) electrons. The minimum Gasteiger partial charge on any atom is -0.378 e. The van der Waals surface area contributed by atoms with Crippen LogP contribution in [0.4, 0.5) is 17.3 Å². The summed E-state index contributed by atoms with van der Waals surface area (Å²) in [7, 11) is 1.66. The second-order valence-electron chi connectivity index (χ2n) is 5.93. The van der Waals surface area contributed by atoms with Crippen LogP contribution in [0.2, 0.25) is 0 Å². The van der Waals surface area contributed by atoms with E-state index in [4.69, 9.17) is 4.74 Å². The Morgan fingerprint density at radius 2 is 2.16 bits per heavy atom. The molecule has 7 nitrogen and oxygen atoms in total. The highest BCUT2D eigenvalue weighted by Gasteiger charge is 2.22. The van der Waals surface area contributed by atoms with Gasteiger partial charge in [-0.2, -0.15) is 5.10 Å². The number of nitrogens with zero attached hydrogens (tertiary/aromatic N) is 4. The van der Waals surface area contributed by atoms with Crippen molar-refractivity contribution in [3.05, 3.63) is 59.7 Å². The summed E-state index contributed by atoms with van der Waals surface area (Å²) in [6, 6.07) is 12.3. The van der Waals surface area contributed by atoms with Crippen LogP contribution in [0.5, 0.6) is 0 Å². The molecule has 2 N–H and O–H groups in total. The zero-order valence-corrected chi connectivity index (χ0v) is 14.1. The first-order valence-electron chi connectivity index (χ1n) is 8.28. The van der Waals surface area contributed by atoms with Gasteiger partial charge in [0.2, 0.25) is 5.95 Å². The molecule has 0 saturated heterocycles. The smallest absolute Gasteiger partial charge is 0.223 e. The van der Waals surface area contributed by atoms with Crippen molar-refractivity contribution >= 4 is 17.3 Å². The minimum atomic E-state index is 0.501. The highest BCUT2D eigenvalue weighted by molar-refractivity contribution is 5.68. The molecule has 25 heavy (non-hydrogen) atoms. The van der Waals surface area contributed by atoms with Gasteiger partial charge in [-0.1, -0.05) is 18.2 Å². The summed E-state index contributed by atoms with van der Waals surface area (Å²) in [5.41, 5.74) is 5.19. The van der Waals surface area contributed by atoms with Crippen LogP contribution in [0.3, 0.4) is 0 Å². The molecular weight excluding hydrogens is 316 g/mol. The normalized spacial score (nSPS) is 13.1. The van der Waals surface area contributed by atoms with Crippen LogP contribution in [0.1, 0.15) is 17.1 Å². The zero-order valence-electron chi connectivity index (χ0n) is 14.1. The summed E-state index contributed by atoms with van der Waals surface area (Å²) < 4.78 is 5.07. The van der Waals surface area contributed by atoms with Crippen LogP contribution < -0.4 is 10.2 Å². The number of fused-ring (bicyclic) bond motifs is 1. The molecule has 1 aliphatic rings. The summed E-state index contributed by atoms with van der Waals surface area (Å²) >= 11 is 0. The quantitative estimate of drug-likeness (QED) is 0.720. The zero-order chi connectivity index (χ0) is 17.1. The van der Waals surface area contributed by atoms with Gasteiger partial charge < -0.3 is 15.0 Å². The second-order valence-corrected chi connectivity index (χ2v) is 5.93. The maximum atomic E-state index is 5.07. The Labute approximate surface area is 146 Å². The Hall–Kier alpha value is -2.93. The van der Waals surface area contributed by atoms with E-state index in [1.165, 1.54) is 5.69 Å². The van der Waals surface area contributed by atoms with Gasteiger partial charge >= 0.3 is 0 Å². The van der Waals surface area contributed by atoms with E-state index in [2.05, 4.69) is 42.5 Å². The fraction of sp³-hybridized carbons (Fsp3) is 0.278. The lowest BCUT2D eigenvalue weighted by atomic mass is 10.3. The Kier molecular flexibility index (Phi) is 4.30. The van der Waals surface area contributed by atoms with E-state index in [0.717, 1.165) is 35.7 Å². The molecule has 128 valence electrons. The van der Waals surface area contributed by atoms with E-state index in [0.29, 0.717) is 19.1 Å². The molecule has 7 heteroatoms. The molecule has 0 amide bonds. The number of nitrogens with one attached hydrogen (secondary N) is 2. The predicted octanol–water partition coefficient (Wildman–Crippen LogP) is 2.65.